The third-order valence-corrected chi connectivity index (χ3v) is 9.96. The van der Waals surface area contributed by atoms with Gasteiger partial charge in [-0.15, -0.1) is 0 Å². The minimum atomic E-state index is -2.02. The van der Waals surface area contributed by atoms with E-state index in [2.05, 4.69) is 44.5 Å². The molecule has 2 atom stereocenters. The molecule has 1 rings (SSSR count). The normalized spacial score (nSPS) is 13.7. The third kappa shape index (κ3) is 10.3. The molecule has 0 spiro atoms. The highest BCUT2D eigenvalue weighted by Gasteiger charge is 2.37. The molecule has 0 aliphatic carbocycles. The molecule has 0 aromatic heterocycles. The predicted octanol–water partition coefficient (Wildman–Crippen LogP) is 2.65. The van der Waals surface area contributed by atoms with Gasteiger partial charge in [0.25, 0.3) is 0 Å². The highest BCUT2D eigenvalue weighted by Crippen LogP contribution is 2.36. The Labute approximate surface area is 190 Å². The first-order valence-corrected chi connectivity index (χ1v) is 13.5. The molecule has 0 saturated carbocycles. The van der Waals surface area contributed by atoms with E-state index >= 15 is 0 Å². The Morgan fingerprint density at radius 1 is 1.12 bits per heavy atom. The van der Waals surface area contributed by atoms with Crippen LogP contribution in [0.3, 0.4) is 0 Å². The second-order valence-corrected chi connectivity index (χ2v) is 14.0. The van der Waals surface area contributed by atoms with Crippen LogP contribution in [0.15, 0.2) is 30.3 Å². The molecular weight excluding hydrogens is 432 g/mol. The van der Waals surface area contributed by atoms with Gasteiger partial charge in [-0.1, -0.05) is 51.1 Å². The lowest BCUT2D eigenvalue weighted by Crippen LogP contribution is -2.45. The second kappa shape index (κ2) is 12.6. The summed E-state index contributed by atoms with van der Waals surface area (Å²) in [7, 11) is -2.02. The first-order valence-electron chi connectivity index (χ1n) is 10.6. The van der Waals surface area contributed by atoms with Crippen LogP contribution >= 0.6 is 0 Å². The number of carbonyl (C=O) groups is 3. The standard InChI is InChI=1S/C22H36N2O7Si/c1-22(2,3)32(4,5)31-12-11-18(20(27)28)24-19(26)13-17(25)14-23-21(29)30-15-16-9-7-6-8-10-16/h6-10,17-18,25H,11-15H2,1-5H3,(H,23,29)(H,24,26)(H,27,28)/t17-,18-/m1/s1. The van der Waals surface area contributed by atoms with Crippen molar-refractivity contribution < 1.29 is 33.8 Å². The van der Waals surface area contributed by atoms with E-state index in [0.29, 0.717) is 0 Å². The van der Waals surface area contributed by atoms with Crippen molar-refractivity contribution in [3.8, 4) is 0 Å². The van der Waals surface area contributed by atoms with Crippen LogP contribution in [0.4, 0.5) is 4.79 Å². The molecule has 0 saturated heterocycles. The number of aliphatic hydroxyl groups excluding tert-OH is 1. The van der Waals surface area contributed by atoms with Crippen molar-refractivity contribution in [1.29, 1.82) is 0 Å². The fraction of sp³-hybridized carbons (Fsp3) is 0.591. The average molecular weight is 469 g/mol. The van der Waals surface area contributed by atoms with Crippen molar-refractivity contribution >= 4 is 26.3 Å². The van der Waals surface area contributed by atoms with Crippen molar-refractivity contribution in [3.63, 3.8) is 0 Å². The maximum absolute atomic E-state index is 12.1. The van der Waals surface area contributed by atoms with E-state index in [1.165, 1.54) is 0 Å². The van der Waals surface area contributed by atoms with E-state index < -0.39 is 38.4 Å². The molecule has 0 aliphatic rings. The van der Waals surface area contributed by atoms with Crippen LogP contribution in [0.5, 0.6) is 0 Å². The number of aliphatic hydroxyl groups is 1. The summed E-state index contributed by atoms with van der Waals surface area (Å²) in [4.78, 5) is 35.3. The highest BCUT2D eigenvalue weighted by molar-refractivity contribution is 6.74. The Morgan fingerprint density at radius 2 is 1.75 bits per heavy atom. The molecule has 0 unspecified atom stereocenters. The topological polar surface area (TPSA) is 134 Å². The van der Waals surface area contributed by atoms with Crippen LogP contribution < -0.4 is 10.6 Å². The number of aliphatic carboxylic acids is 1. The Balaban J connectivity index is 2.37. The molecular formula is C22H36N2O7Si. The Morgan fingerprint density at radius 3 is 2.31 bits per heavy atom. The maximum atomic E-state index is 12.1. The number of nitrogens with one attached hydrogen (secondary N) is 2. The zero-order valence-corrected chi connectivity index (χ0v) is 20.5. The minimum Gasteiger partial charge on any atom is -0.480 e. The van der Waals surface area contributed by atoms with E-state index in [1.54, 1.807) is 0 Å². The number of benzene rings is 1. The van der Waals surface area contributed by atoms with Gasteiger partial charge in [0.05, 0.1) is 12.5 Å². The van der Waals surface area contributed by atoms with E-state index in [9.17, 15) is 24.6 Å². The summed E-state index contributed by atoms with van der Waals surface area (Å²) in [6, 6.07) is 7.99. The molecule has 0 bridgehead atoms. The monoisotopic (exact) mass is 468 g/mol. The number of carboxylic acid groups (broad SMARTS) is 1. The molecule has 0 radical (unpaired) electrons. The van der Waals surface area contributed by atoms with Gasteiger partial charge in [0.15, 0.2) is 8.32 Å². The summed E-state index contributed by atoms with van der Waals surface area (Å²) in [5.41, 5.74) is 0.819. The second-order valence-electron chi connectivity index (χ2n) is 9.16. The Hall–Kier alpha value is -2.43. The van der Waals surface area contributed by atoms with Crippen LogP contribution in [0.25, 0.3) is 0 Å². The van der Waals surface area contributed by atoms with Crippen molar-refractivity contribution in [2.45, 2.75) is 70.5 Å². The fourth-order valence-corrected chi connectivity index (χ4v) is 3.48. The predicted molar refractivity (Wildman–Crippen MR) is 123 cm³/mol. The summed E-state index contributed by atoms with van der Waals surface area (Å²) in [6.07, 6.45) is -2.14. The lowest BCUT2D eigenvalue weighted by molar-refractivity contribution is -0.142. The largest absolute Gasteiger partial charge is 0.480 e. The number of amides is 2. The van der Waals surface area contributed by atoms with Crippen molar-refractivity contribution in [2.24, 2.45) is 0 Å². The van der Waals surface area contributed by atoms with Gasteiger partial charge in [0, 0.05) is 19.6 Å². The first kappa shape index (κ1) is 27.6. The molecule has 9 nitrogen and oxygen atoms in total. The van der Waals surface area contributed by atoms with E-state index in [1.807, 2.05) is 30.3 Å². The van der Waals surface area contributed by atoms with Crippen molar-refractivity contribution in [3.05, 3.63) is 35.9 Å². The van der Waals surface area contributed by atoms with Gasteiger partial charge >= 0.3 is 12.1 Å². The molecule has 10 heteroatoms. The maximum Gasteiger partial charge on any atom is 0.407 e. The summed E-state index contributed by atoms with van der Waals surface area (Å²) in [6.45, 7) is 10.5. The first-order chi connectivity index (χ1) is 14.8. The smallest absolute Gasteiger partial charge is 0.407 e. The minimum absolute atomic E-state index is 0.00563. The summed E-state index contributed by atoms with van der Waals surface area (Å²) < 4.78 is 11.0. The van der Waals surface area contributed by atoms with Crippen LogP contribution in [-0.2, 0) is 25.4 Å². The molecule has 2 amide bonds. The molecule has 0 aliphatic heterocycles. The summed E-state index contributed by atoms with van der Waals surface area (Å²) in [5, 5.41) is 24.1. The summed E-state index contributed by atoms with van der Waals surface area (Å²) in [5.74, 6) is -1.80. The number of ether oxygens (including phenoxy) is 1. The number of hydrogen-bond donors (Lipinski definition) is 4. The molecule has 0 heterocycles. The fourth-order valence-electron chi connectivity index (χ4n) is 2.42. The molecule has 180 valence electrons. The molecule has 4 N–H and O–H groups in total. The van der Waals surface area contributed by atoms with Crippen molar-refractivity contribution in [1.82, 2.24) is 10.6 Å². The van der Waals surface area contributed by atoms with Gasteiger partial charge in [-0.05, 0) is 23.7 Å². The van der Waals surface area contributed by atoms with Crippen LogP contribution in [-0.4, -0.2) is 61.8 Å². The van der Waals surface area contributed by atoms with E-state index in [-0.39, 0.29) is 37.6 Å². The van der Waals surface area contributed by atoms with Gasteiger partial charge in [-0.25, -0.2) is 9.59 Å². The SMILES string of the molecule is CC(C)(C)[Si](C)(C)OCC[C@@H](NC(=O)C[C@@H](O)CNC(=O)OCc1ccccc1)C(=O)O. The van der Waals surface area contributed by atoms with Crippen molar-refractivity contribution in [2.75, 3.05) is 13.2 Å². The number of rotatable bonds is 12. The summed E-state index contributed by atoms with van der Waals surface area (Å²) >= 11 is 0. The molecule has 1 aromatic rings. The van der Waals surface area contributed by atoms with Gasteiger partial charge in [-0.3, -0.25) is 4.79 Å². The molecule has 1 aromatic carbocycles. The lowest BCUT2D eigenvalue weighted by atomic mass is 10.2. The molecule has 0 fully saturated rings. The van der Waals surface area contributed by atoms with Crippen LogP contribution in [0.2, 0.25) is 18.1 Å². The van der Waals surface area contributed by atoms with Crippen LogP contribution in [0, 0.1) is 0 Å². The number of hydrogen-bond acceptors (Lipinski definition) is 6. The van der Waals surface area contributed by atoms with E-state index in [0.717, 1.165) is 5.56 Å². The third-order valence-electron chi connectivity index (χ3n) is 5.42. The van der Waals surface area contributed by atoms with Gasteiger partial charge in [0.2, 0.25) is 5.91 Å². The zero-order chi connectivity index (χ0) is 24.4. The lowest BCUT2D eigenvalue weighted by Gasteiger charge is -2.36. The van der Waals surface area contributed by atoms with Gasteiger partial charge in [0.1, 0.15) is 12.6 Å². The number of alkyl carbamates (subject to hydrolysis) is 1. The Kier molecular flexibility index (Phi) is 10.8. The number of carbonyl (C=O) groups excluding carboxylic acids is 2. The van der Waals surface area contributed by atoms with Gasteiger partial charge in [-0.2, -0.15) is 0 Å². The van der Waals surface area contributed by atoms with Crippen LogP contribution in [0.1, 0.15) is 39.2 Å². The zero-order valence-electron chi connectivity index (χ0n) is 19.5. The quantitative estimate of drug-likeness (QED) is 0.346. The number of carboxylic acids is 1. The van der Waals surface area contributed by atoms with Gasteiger partial charge < -0.3 is 30.0 Å². The molecule has 32 heavy (non-hydrogen) atoms. The Bertz CT molecular complexity index is 750. The average Bonchev–Trinajstić information content (AvgIpc) is 2.69. The van der Waals surface area contributed by atoms with E-state index in [4.69, 9.17) is 9.16 Å². The highest BCUT2D eigenvalue weighted by atomic mass is 28.4.